The number of hydrogen-bond donors (Lipinski definition) is 1. The molecule has 1 aromatic carbocycles. The summed E-state index contributed by atoms with van der Waals surface area (Å²) in [6.07, 6.45) is 0.963. The predicted octanol–water partition coefficient (Wildman–Crippen LogP) is 4.23. The Balaban J connectivity index is 2.40. The molecule has 1 aromatic rings. The van der Waals surface area contributed by atoms with Gasteiger partial charge in [-0.25, -0.2) is 0 Å². The van der Waals surface area contributed by atoms with Crippen LogP contribution in [0.2, 0.25) is 10.0 Å². The van der Waals surface area contributed by atoms with Gasteiger partial charge in [0.15, 0.2) is 0 Å². The third-order valence-corrected chi connectivity index (χ3v) is 5.33. The fourth-order valence-electron chi connectivity index (χ4n) is 2.76. The molecule has 2 unspecified atom stereocenters. The lowest BCUT2D eigenvalue weighted by Crippen LogP contribution is -2.51. The maximum atomic E-state index is 13.1. The standard InChI is InChI=1S/C17H24Cl2N2O/c1-11(17(2,3)4)21(12-8-9-20-10-12)16(22)13-6-5-7-14(18)15(13)19/h5-7,11-12,20H,8-10H2,1-4H3. The van der Waals surface area contributed by atoms with E-state index in [0.717, 1.165) is 19.5 Å². The number of carbonyl (C=O) groups excluding carboxylic acids is 1. The van der Waals surface area contributed by atoms with Crippen molar-refractivity contribution in [2.24, 2.45) is 5.41 Å². The molecule has 1 aliphatic rings. The smallest absolute Gasteiger partial charge is 0.255 e. The van der Waals surface area contributed by atoms with Gasteiger partial charge in [0.05, 0.1) is 15.6 Å². The van der Waals surface area contributed by atoms with Gasteiger partial charge in [0.1, 0.15) is 0 Å². The van der Waals surface area contributed by atoms with E-state index >= 15 is 0 Å². The lowest BCUT2D eigenvalue weighted by atomic mass is 9.85. The summed E-state index contributed by atoms with van der Waals surface area (Å²) in [6.45, 7) is 10.3. The van der Waals surface area contributed by atoms with Crippen molar-refractivity contribution < 1.29 is 4.79 Å². The predicted molar refractivity (Wildman–Crippen MR) is 92.8 cm³/mol. The van der Waals surface area contributed by atoms with Crippen LogP contribution in [-0.2, 0) is 0 Å². The molecule has 0 spiro atoms. The van der Waals surface area contributed by atoms with Crippen LogP contribution in [0.15, 0.2) is 18.2 Å². The zero-order valence-electron chi connectivity index (χ0n) is 13.6. The Kier molecular flexibility index (Phi) is 5.41. The maximum absolute atomic E-state index is 13.1. The van der Waals surface area contributed by atoms with Crippen molar-refractivity contribution in [1.82, 2.24) is 10.2 Å². The van der Waals surface area contributed by atoms with Crippen molar-refractivity contribution in [3.63, 3.8) is 0 Å². The minimum absolute atomic E-state index is 0.0106. The summed E-state index contributed by atoms with van der Waals surface area (Å²) < 4.78 is 0. The zero-order chi connectivity index (χ0) is 16.5. The number of nitrogens with one attached hydrogen (secondary N) is 1. The zero-order valence-corrected chi connectivity index (χ0v) is 15.1. The van der Waals surface area contributed by atoms with E-state index in [4.69, 9.17) is 23.2 Å². The van der Waals surface area contributed by atoms with Crippen LogP contribution in [0.25, 0.3) is 0 Å². The summed E-state index contributed by atoms with van der Waals surface area (Å²) in [5.74, 6) is -0.0383. The number of hydrogen-bond acceptors (Lipinski definition) is 2. The van der Waals surface area contributed by atoms with Crippen molar-refractivity contribution >= 4 is 29.1 Å². The van der Waals surface area contributed by atoms with Gasteiger partial charge in [-0.15, -0.1) is 0 Å². The summed E-state index contributed by atoms with van der Waals surface area (Å²) in [5, 5.41) is 4.09. The second-order valence-corrected chi connectivity index (χ2v) is 7.79. The van der Waals surface area contributed by atoms with Gasteiger partial charge < -0.3 is 10.2 Å². The second-order valence-electron chi connectivity index (χ2n) is 7.00. The van der Waals surface area contributed by atoms with Gasteiger partial charge in [0.2, 0.25) is 0 Å². The fourth-order valence-corrected chi connectivity index (χ4v) is 3.14. The molecule has 3 nitrogen and oxygen atoms in total. The van der Waals surface area contributed by atoms with E-state index in [1.54, 1.807) is 18.2 Å². The molecule has 0 bridgehead atoms. The summed E-state index contributed by atoms with van der Waals surface area (Å²) in [7, 11) is 0. The van der Waals surface area contributed by atoms with Crippen LogP contribution in [0.5, 0.6) is 0 Å². The molecule has 1 aliphatic heterocycles. The van der Waals surface area contributed by atoms with Crippen LogP contribution in [-0.4, -0.2) is 36.0 Å². The van der Waals surface area contributed by atoms with E-state index in [-0.39, 0.29) is 23.4 Å². The molecule has 0 radical (unpaired) electrons. The number of halogens is 2. The Labute approximate surface area is 143 Å². The average molecular weight is 343 g/mol. The molecule has 0 saturated carbocycles. The highest BCUT2D eigenvalue weighted by Gasteiger charge is 2.37. The number of carbonyl (C=O) groups is 1. The first-order valence-corrected chi connectivity index (χ1v) is 8.46. The third kappa shape index (κ3) is 3.58. The van der Waals surface area contributed by atoms with Gasteiger partial charge in [0.25, 0.3) is 5.91 Å². The Hall–Kier alpha value is -0.770. The Morgan fingerprint density at radius 2 is 2.05 bits per heavy atom. The lowest BCUT2D eigenvalue weighted by Gasteiger charge is -2.41. The van der Waals surface area contributed by atoms with E-state index in [1.807, 2.05) is 4.90 Å². The number of benzene rings is 1. The topological polar surface area (TPSA) is 32.3 Å². The van der Waals surface area contributed by atoms with Gasteiger partial charge in [-0.05, 0) is 37.4 Å². The van der Waals surface area contributed by atoms with Gasteiger partial charge >= 0.3 is 0 Å². The highest BCUT2D eigenvalue weighted by atomic mass is 35.5. The highest BCUT2D eigenvalue weighted by Crippen LogP contribution is 2.32. The molecular formula is C17H24Cl2N2O. The normalized spacial score (nSPS) is 20.0. The van der Waals surface area contributed by atoms with Crippen LogP contribution >= 0.6 is 23.2 Å². The minimum atomic E-state index is -0.0383. The molecule has 1 fully saturated rings. The molecule has 5 heteroatoms. The number of amides is 1. The maximum Gasteiger partial charge on any atom is 0.255 e. The SMILES string of the molecule is CC(N(C(=O)c1cccc(Cl)c1Cl)C1CCNC1)C(C)(C)C. The highest BCUT2D eigenvalue weighted by molar-refractivity contribution is 6.43. The minimum Gasteiger partial charge on any atom is -0.331 e. The first kappa shape index (κ1) is 17.6. The Morgan fingerprint density at radius 1 is 1.36 bits per heavy atom. The van der Waals surface area contributed by atoms with Crippen LogP contribution in [0, 0.1) is 5.41 Å². The van der Waals surface area contributed by atoms with Gasteiger partial charge in [-0.1, -0.05) is 50.0 Å². The first-order valence-electron chi connectivity index (χ1n) is 7.71. The second kappa shape index (κ2) is 6.77. The van der Waals surface area contributed by atoms with Crippen molar-refractivity contribution in [2.45, 2.75) is 46.2 Å². The lowest BCUT2D eigenvalue weighted by molar-refractivity contribution is 0.0435. The molecule has 1 N–H and O–H groups in total. The summed E-state index contributed by atoms with van der Waals surface area (Å²) >= 11 is 12.3. The van der Waals surface area contributed by atoms with E-state index in [2.05, 4.69) is 33.0 Å². The fraction of sp³-hybridized carbons (Fsp3) is 0.588. The molecule has 0 aromatic heterocycles. The Morgan fingerprint density at radius 3 is 2.59 bits per heavy atom. The van der Waals surface area contributed by atoms with Crippen LogP contribution in [0.4, 0.5) is 0 Å². The number of nitrogens with zero attached hydrogens (tertiary/aromatic N) is 1. The molecular weight excluding hydrogens is 319 g/mol. The summed E-state index contributed by atoms with van der Waals surface area (Å²) in [5.41, 5.74) is 0.473. The number of rotatable bonds is 3. The molecule has 1 amide bonds. The van der Waals surface area contributed by atoms with Crippen LogP contribution in [0.1, 0.15) is 44.5 Å². The first-order chi connectivity index (χ1) is 10.2. The van der Waals surface area contributed by atoms with E-state index < -0.39 is 0 Å². The molecule has 2 atom stereocenters. The summed E-state index contributed by atoms with van der Waals surface area (Å²) in [6, 6.07) is 5.52. The van der Waals surface area contributed by atoms with Crippen molar-refractivity contribution in [2.75, 3.05) is 13.1 Å². The van der Waals surface area contributed by atoms with Crippen molar-refractivity contribution in [3.8, 4) is 0 Å². The molecule has 22 heavy (non-hydrogen) atoms. The molecule has 122 valence electrons. The van der Waals surface area contributed by atoms with E-state index in [0.29, 0.717) is 15.6 Å². The van der Waals surface area contributed by atoms with Crippen LogP contribution < -0.4 is 5.32 Å². The largest absolute Gasteiger partial charge is 0.331 e. The van der Waals surface area contributed by atoms with Gasteiger partial charge in [-0.2, -0.15) is 0 Å². The molecule has 0 aliphatic carbocycles. The van der Waals surface area contributed by atoms with E-state index in [1.165, 1.54) is 0 Å². The Bertz CT molecular complexity index is 548. The van der Waals surface area contributed by atoms with E-state index in [9.17, 15) is 4.79 Å². The van der Waals surface area contributed by atoms with Crippen molar-refractivity contribution in [1.29, 1.82) is 0 Å². The molecule has 1 heterocycles. The average Bonchev–Trinajstić information content (AvgIpc) is 2.94. The van der Waals surface area contributed by atoms with Gasteiger partial charge in [-0.3, -0.25) is 4.79 Å². The molecule has 2 rings (SSSR count). The summed E-state index contributed by atoms with van der Waals surface area (Å²) in [4.78, 5) is 15.1. The monoisotopic (exact) mass is 342 g/mol. The van der Waals surface area contributed by atoms with Gasteiger partial charge in [0, 0.05) is 18.6 Å². The third-order valence-electron chi connectivity index (χ3n) is 4.51. The van der Waals surface area contributed by atoms with Crippen molar-refractivity contribution in [3.05, 3.63) is 33.8 Å². The quantitative estimate of drug-likeness (QED) is 0.891. The van der Waals surface area contributed by atoms with Crippen LogP contribution in [0.3, 0.4) is 0 Å². The molecule has 1 saturated heterocycles.